The molecule has 25 heavy (non-hydrogen) atoms. The van der Waals surface area contributed by atoms with Crippen LogP contribution < -0.4 is 10.6 Å². The van der Waals surface area contributed by atoms with E-state index in [0.29, 0.717) is 13.0 Å². The van der Waals surface area contributed by atoms with E-state index >= 15 is 0 Å². The maximum absolute atomic E-state index is 12.4. The van der Waals surface area contributed by atoms with Crippen LogP contribution in [-0.4, -0.2) is 44.0 Å². The van der Waals surface area contributed by atoms with Gasteiger partial charge in [-0.05, 0) is 24.1 Å². The molecule has 1 unspecified atom stereocenters. The van der Waals surface area contributed by atoms with Crippen LogP contribution in [0.3, 0.4) is 0 Å². The van der Waals surface area contributed by atoms with Gasteiger partial charge in [-0.15, -0.1) is 24.8 Å². The van der Waals surface area contributed by atoms with Gasteiger partial charge in [-0.3, -0.25) is 4.79 Å². The molecule has 0 saturated carbocycles. The zero-order chi connectivity index (χ0) is 16.7. The van der Waals surface area contributed by atoms with Crippen molar-refractivity contribution in [3.63, 3.8) is 0 Å². The number of anilines is 1. The Morgan fingerprint density at radius 2 is 1.44 bits per heavy atom. The molecule has 0 heterocycles. The second-order valence-corrected chi connectivity index (χ2v) is 5.81. The fraction of sp³-hybridized carbons (Fsp3) is 0.316. The van der Waals surface area contributed by atoms with Gasteiger partial charge >= 0.3 is 0 Å². The van der Waals surface area contributed by atoms with Gasteiger partial charge in [0.25, 0.3) is 0 Å². The Labute approximate surface area is 162 Å². The van der Waals surface area contributed by atoms with E-state index in [0.717, 1.165) is 17.8 Å². The number of halogens is 2. The molecule has 2 aromatic rings. The van der Waals surface area contributed by atoms with E-state index in [2.05, 4.69) is 17.0 Å². The third-order valence-corrected chi connectivity index (χ3v) is 3.96. The molecule has 0 saturated heterocycles. The average molecular weight is 384 g/mol. The van der Waals surface area contributed by atoms with Crippen molar-refractivity contribution in [2.75, 3.05) is 32.1 Å². The molecule has 0 aliphatic heterocycles. The molecule has 2 rings (SSSR count). The Morgan fingerprint density at radius 1 is 0.920 bits per heavy atom. The largest absolute Gasteiger partial charge is 0.373 e. The van der Waals surface area contributed by atoms with Crippen LogP contribution in [0.25, 0.3) is 0 Å². The SMILES string of the molecule is CN(CCN(C)c1ccccc1)C(=O)C(N)Cc1ccccc1.Cl.Cl. The highest BCUT2D eigenvalue weighted by molar-refractivity contribution is 5.85. The van der Waals surface area contributed by atoms with Gasteiger partial charge in [-0.2, -0.15) is 0 Å². The molecule has 4 nitrogen and oxygen atoms in total. The highest BCUT2D eigenvalue weighted by Crippen LogP contribution is 2.10. The number of benzene rings is 2. The van der Waals surface area contributed by atoms with Crippen molar-refractivity contribution >= 4 is 36.4 Å². The van der Waals surface area contributed by atoms with E-state index in [9.17, 15) is 4.79 Å². The highest BCUT2D eigenvalue weighted by Gasteiger charge is 2.18. The predicted octanol–water partition coefficient (Wildman–Crippen LogP) is 2.99. The zero-order valence-corrected chi connectivity index (χ0v) is 16.3. The molecule has 0 bridgehead atoms. The Kier molecular flexibility index (Phi) is 10.9. The minimum absolute atomic E-state index is 0. The molecule has 0 aromatic heterocycles. The third-order valence-electron chi connectivity index (χ3n) is 3.96. The monoisotopic (exact) mass is 383 g/mol. The van der Waals surface area contributed by atoms with Crippen LogP contribution in [0.2, 0.25) is 0 Å². The number of para-hydroxylation sites is 1. The van der Waals surface area contributed by atoms with Crippen molar-refractivity contribution in [1.29, 1.82) is 0 Å². The van der Waals surface area contributed by atoms with Gasteiger partial charge in [0, 0.05) is 32.9 Å². The predicted molar refractivity (Wildman–Crippen MR) is 110 cm³/mol. The van der Waals surface area contributed by atoms with Gasteiger partial charge in [0.2, 0.25) is 5.91 Å². The molecule has 0 fully saturated rings. The fourth-order valence-electron chi connectivity index (χ4n) is 2.46. The van der Waals surface area contributed by atoms with E-state index in [1.807, 2.05) is 62.6 Å². The molecule has 0 aliphatic rings. The van der Waals surface area contributed by atoms with Crippen LogP contribution in [0.1, 0.15) is 5.56 Å². The molecule has 138 valence electrons. The zero-order valence-electron chi connectivity index (χ0n) is 14.7. The van der Waals surface area contributed by atoms with Crippen molar-refractivity contribution in [2.45, 2.75) is 12.5 Å². The Balaban J connectivity index is 0.00000288. The van der Waals surface area contributed by atoms with Crippen molar-refractivity contribution in [3.05, 3.63) is 66.2 Å². The van der Waals surface area contributed by atoms with E-state index in [-0.39, 0.29) is 30.7 Å². The summed E-state index contributed by atoms with van der Waals surface area (Å²) in [5.41, 5.74) is 8.29. The fourth-order valence-corrected chi connectivity index (χ4v) is 2.46. The summed E-state index contributed by atoms with van der Waals surface area (Å²) in [6, 6.07) is 19.5. The lowest BCUT2D eigenvalue weighted by Crippen LogP contribution is -2.45. The number of amides is 1. The lowest BCUT2D eigenvalue weighted by atomic mass is 10.1. The van der Waals surface area contributed by atoms with Crippen LogP contribution in [0.15, 0.2) is 60.7 Å². The Hall–Kier alpha value is -1.75. The van der Waals surface area contributed by atoms with Gasteiger partial charge in [0.05, 0.1) is 6.04 Å². The smallest absolute Gasteiger partial charge is 0.239 e. The van der Waals surface area contributed by atoms with E-state index in [4.69, 9.17) is 5.73 Å². The Morgan fingerprint density at radius 3 is 2.00 bits per heavy atom. The summed E-state index contributed by atoms with van der Waals surface area (Å²) in [5, 5.41) is 0. The molecule has 1 amide bonds. The van der Waals surface area contributed by atoms with Crippen LogP contribution >= 0.6 is 24.8 Å². The molecular formula is C19H27Cl2N3O. The van der Waals surface area contributed by atoms with Gasteiger partial charge in [0.1, 0.15) is 0 Å². The summed E-state index contributed by atoms with van der Waals surface area (Å²) < 4.78 is 0. The normalized spacial score (nSPS) is 10.8. The number of nitrogens with two attached hydrogens (primary N) is 1. The first-order valence-corrected chi connectivity index (χ1v) is 7.88. The molecule has 2 aromatic carbocycles. The topological polar surface area (TPSA) is 49.6 Å². The van der Waals surface area contributed by atoms with Crippen LogP contribution in [0.4, 0.5) is 5.69 Å². The number of nitrogens with zero attached hydrogens (tertiary/aromatic N) is 2. The number of hydrogen-bond acceptors (Lipinski definition) is 3. The van der Waals surface area contributed by atoms with Crippen molar-refractivity contribution in [2.24, 2.45) is 5.73 Å². The summed E-state index contributed by atoms with van der Waals surface area (Å²) in [6.07, 6.45) is 0.568. The van der Waals surface area contributed by atoms with Gasteiger partial charge < -0.3 is 15.5 Å². The highest BCUT2D eigenvalue weighted by atomic mass is 35.5. The molecule has 0 aliphatic carbocycles. The number of carbonyl (C=O) groups is 1. The van der Waals surface area contributed by atoms with Crippen molar-refractivity contribution < 1.29 is 4.79 Å². The van der Waals surface area contributed by atoms with Crippen LogP contribution in [0.5, 0.6) is 0 Å². The van der Waals surface area contributed by atoms with Gasteiger partial charge in [-0.25, -0.2) is 0 Å². The lowest BCUT2D eigenvalue weighted by molar-refractivity contribution is -0.131. The number of carbonyl (C=O) groups excluding carboxylic acids is 1. The summed E-state index contributed by atoms with van der Waals surface area (Å²) in [7, 11) is 3.84. The second-order valence-electron chi connectivity index (χ2n) is 5.81. The first-order chi connectivity index (χ1) is 11.1. The molecule has 0 radical (unpaired) electrons. The second kappa shape index (κ2) is 11.7. The van der Waals surface area contributed by atoms with E-state index in [1.54, 1.807) is 4.90 Å². The summed E-state index contributed by atoms with van der Waals surface area (Å²) in [6.45, 7) is 1.41. The quantitative estimate of drug-likeness (QED) is 0.799. The molecular weight excluding hydrogens is 357 g/mol. The van der Waals surface area contributed by atoms with Crippen LogP contribution in [-0.2, 0) is 11.2 Å². The maximum Gasteiger partial charge on any atom is 0.239 e. The maximum atomic E-state index is 12.4. The van der Waals surface area contributed by atoms with Crippen LogP contribution in [0, 0.1) is 0 Å². The summed E-state index contributed by atoms with van der Waals surface area (Å²) in [4.78, 5) is 16.2. The standard InChI is InChI=1S/C19H25N3O.2ClH/c1-21(17-11-7-4-8-12-17)13-14-22(2)19(23)18(20)15-16-9-5-3-6-10-16;;/h3-12,18H,13-15,20H2,1-2H3;2*1H. The third kappa shape index (κ3) is 7.34. The first-order valence-electron chi connectivity index (χ1n) is 7.88. The summed E-state index contributed by atoms with van der Waals surface area (Å²) in [5.74, 6) is -0.0182. The minimum Gasteiger partial charge on any atom is -0.373 e. The Bertz CT molecular complexity index is 611. The molecule has 6 heteroatoms. The lowest BCUT2D eigenvalue weighted by Gasteiger charge is -2.25. The van der Waals surface area contributed by atoms with E-state index in [1.165, 1.54) is 0 Å². The number of likely N-dealkylation sites (N-methyl/N-ethyl adjacent to an activating group) is 2. The molecule has 1 atom stereocenters. The number of rotatable bonds is 7. The molecule has 0 spiro atoms. The first kappa shape index (κ1) is 23.2. The van der Waals surface area contributed by atoms with Gasteiger partial charge in [0.15, 0.2) is 0 Å². The van der Waals surface area contributed by atoms with Gasteiger partial charge in [-0.1, -0.05) is 48.5 Å². The minimum atomic E-state index is -0.496. The molecule has 2 N–H and O–H groups in total. The summed E-state index contributed by atoms with van der Waals surface area (Å²) >= 11 is 0. The average Bonchev–Trinajstić information content (AvgIpc) is 2.60. The van der Waals surface area contributed by atoms with Crippen molar-refractivity contribution in [3.8, 4) is 0 Å². The number of hydrogen-bond donors (Lipinski definition) is 1. The van der Waals surface area contributed by atoms with E-state index < -0.39 is 6.04 Å². The van der Waals surface area contributed by atoms with Crippen molar-refractivity contribution in [1.82, 2.24) is 4.90 Å².